The van der Waals surface area contributed by atoms with E-state index in [2.05, 4.69) is 15.4 Å². The summed E-state index contributed by atoms with van der Waals surface area (Å²) in [7, 11) is 1.10. The van der Waals surface area contributed by atoms with Crippen molar-refractivity contribution in [3.05, 3.63) is 24.2 Å². The highest BCUT2D eigenvalue weighted by molar-refractivity contribution is 5.95. The zero-order valence-electron chi connectivity index (χ0n) is 11.1. The topological polar surface area (TPSA) is 135 Å². The third kappa shape index (κ3) is 5.35. The van der Waals surface area contributed by atoms with E-state index in [0.29, 0.717) is 0 Å². The van der Waals surface area contributed by atoms with Crippen LogP contribution in [0.3, 0.4) is 0 Å². The molecule has 0 aromatic carbocycles. The highest BCUT2D eigenvalue weighted by Crippen LogP contribution is 1.99. The van der Waals surface area contributed by atoms with Gasteiger partial charge in [0.2, 0.25) is 5.91 Å². The Bertz CT molecular complexity index is 524. The van der Waals surface area contributed by atoms with E-state index in [0.717, 1.165) is 7.11 Å². The maximum Gasteiger partial charge on any atom is 0.326 e. The van der Waals surface area contributed by atoms with Gasteiger partial charge in [-0.1, -0.05) is 0 Å². The first kappa shape index (κ1) is 16.2. The number of carbonyl (C=O) groups is 4. The highest BCUT2D eigenvalue weighted by Gasteiger charge is 2.23. The molecule has 114 valence electrons. The minimum Gasteiger partial charge on any atom is -0.480 e. The van der Waals surface area contributed by atoms with Crippen LogP contribution in [0.4, 0.5) is 0 Å². The van der Waals surface area contributed by atoms with E-state index in [1.54, 1.807) is 0 Å². The van der Waals surface area contributed by atoms with E-state index in [-0.39, 0.29) is 5.76 Å². The molecule has 0 aliphatic rings. The fourth-order valence-corrected chi connectivity index (χ4v) is 1.35. The van der Waals surface area contributed by atoms with Gasteiger partial charge in [-0.25, -0.2) is 4.79 Å². The predicted molar refractivity (Wildman–Crippen MR) is 67.2 cm³/mol. The van der Waals surface area contributed by atoms with Crippen LogP contribution in [0.1, 0.15) is 17.0 Å². The Labute approximate surface area is 119 Å². The minimum atomic E-state index is -1.43. The molecular weight excluding hydrogens is 284 g/mol. The second-order valence-corrected chi connectivity index (χ2v) is 3.90. The van der Waals surface area contributed by atoms with Crippen LogP contribution in [0.25, 0.3) is 0 Å². The number of hydrogen-bond donors (Lipinski definition) is 3. The molecule has 9 nitrogen and oxygen atoms in total. The van der Waals surface area contributed by atoms with Crippen molar-refractivity contribution in [3.8, 4) is 0 Å². The quantitative estimate of drug-likeness (QED) is 0.557. The normalized spacial score (nSPS) is 11.3. The minimum absolute atomic E-state index is 0.0205. The third-order valence-corrected chi connectivity index (χ3v) is 2.39. The van der Waals surface area contributed by atoms with Crippen molar-refractivity contribution in [1.29, 1.82) is 0 Å². The van der Waals surface area contributed by atoms with Gasteiger partial charge < -0.3 is 24.9 Å². The van der Waals surface area contributed by atoms with Crippen LogP contribution in [-0.2, 0) is 19.1 Å². The average molecular weight is 298 g/mol. The Morgan fingerprint density at radius 2 is 2.10 bits per heavy atom. The highest BCUT2D eigenvalue weighted by atomic mass is 16.5. The van der Waals surface area contributed by atoms with Crippen LogP contribution in [-0.4, -0.2) is 48.6 Å². The molecule has 0 spiro atoms. The van der Waals surface area contributed by atoms with Crippen LogP contribution >= 0.6 is 0 Å². The molecule has 0 aliphatic carbocycles. The van der Waals surface area contributed by atoms with Crippen molar-refractivity contribution in [2.75, 3.05) is 13.7 Å². The number of aliphatic carboxylic acids is 1. The van der Waals surface area contributed by atoms with Gasteiger partial charge in [-0.15, -0.1) is 0 Å². The largest absolute Gasteiger partial charge is 0.480 e. The number of methoxy groups -OCH3 is 1. The monoisotopic (exact) mass is 298 g/mol. The lowest BCUT2D eigenvalue weighted by molar-refractivity contribution is -0.148. The van der Waals surface area contributed by atoms with Gasteiger partial charge in [-0.05, 0) is 12.1 Å². The van der Waals surface area contributed by atoms with Crippen molar-refractivity contribution >= 4 is 23.8 Å². The fraction of sp³-hybridized carbons (Fsp3) is 0.333. The first-order valence-electron chi connectivity index (χ1n) is 5.84. The van der Waals surface area contributed by atoms with Crippen molar-refractivity contribution in [2.45, 2.75) is 12.5 Å². The summed E-state index contributed by atoms with van der Waals surface area (Å²) >= 11 is 0. The van der Waals surface area contributed by atoms with Crippen molar-refractivity contribution in [3.63, 3.8) is 0 Å². The Morgan fingerprint density at radius 1 is 1.38 bits per heavy atom. The number of esters is 1. The summed E-state index contributed by atoms with van der Waals surface area (Å²) in [6.45, 7) is -0.454. The van der Waals surface area contributed by atoms with Crippen molar-refractivity contribution in [1.82, 2.24) is 10.6 Å². The van der Waals surface area contributed by atoms with Gasteiger partial charge >= 0.3 is 11.9 Å². The van der Waals surface area contributed by atoms with Gasteiger partial charge in [0.1, 0.15) is 6.04 Å². The zero-order chi connectivity index (χ0) is 15.8. The summed E-state index contributed by atoms with van der Waals surface area (Å²) in [5, 5.41) is 13.2. The number of carboxylic acid groups (broad SMARTS) is 1. The summed E-state index contributed by atoms with van der Waals surface area (Å²) < 4.78 is 9.14. The van der Waals surface area contributed by atoms with Crippen LogP contribution in [0.5, 0.6) is 0 Å². The Kier molecular flexibility index (Phi) is 5.93. The maximum absolute atomic E-state index is 11.5. The van der Waals surface area contributed by atoms with E-state index in [4.69, 9.17) is 9.52 Å². The summed E-state index contributed by atoms with van der Waals surface area (Å²) in [4.78, 5) is 44.9. The van der Waals surface area contributed by atoms with Gasteiger partial charge in [0.05, 0.1) is 26.3 Å². The Morgan fingerprint density at radius 3 is 2.62 bits per heavy atom. The Hall–Kier alpha value is -2.84. The lowest BCUT2D eigenvalue weighted by Gasteiger charge is -2.13. The van der Waals surface area contributed by atoms with Gasteiger partial charge in [0.25, 0.3) is 5.91 Å². The van der Waals surface area contributed by atoms with Crippen LogP contribution in [0, 0.1) is 0 Å². The third-order valence-electron chi connectivity index (χ3n) is 2.39. The van der Waals surface area contributed by atoms with Gasteiger partial charge in [0.15, 0.2) is 5.76 Å². The number of amides is 2. The van der Waals surface area contributed by atoms with Crippen LogP contribution < -0.4 is 10.6 Å². The number of carbonyl (C=O) groups excluding carboxylic acids is 3. The van der Waals surface area contributed by atoms with E-state index in [1.165, 1.54) is 18.4 Å². The summed E-state index contributed by atoms with van der Waals surface area (Å²) in [6, 6.07) is 1.49. The molecule has 9 heteroatoms. The van der Waals surface area contributed by atoms with E-state index < -0.39 is 42.8 Å². The molecule has 0 aliphatic heterocycles. The lowest BCUT2D eigenvalue weighted by Crippen LogP contribution is -2.46. The molecule has 0 radical (unpaired) electrons. The number of ether oxygens (including phenoxy) is 1. The Balaban J connectivity index is 2.45. The second kappa shape index (κ2) is 7.68. The number of furan rings is 1. The summed E-state index contributed by atoms with van der Waals surface area (Å²) in [5.41, 5.74) is 0. The predicted octanol–water partition coefficient (Wildman–Crippen LogP) is -0.858. The van der Waals surface area contributed by atoms with Crippen LogP contribution in [0.15, 0.2) is 22.8 Å². The molecular formula is C12H14N2O7. The average Bonchev–Trinajstić information content (AvgIpc) is 2.97. The zero-order valence-corrected chi connectivity index (χ0v) is 11.1. The molecule has 1 aromatic rings. The van der Waals surface area contributed by atoms with Crippen molar-refractivity contribution < 1.29 is 33.4 Å². The van der Waals surface area contributed by atoms with Crippen LogP contribution in [0.2, 0.25) is 0 Å². The molecule has 3 N–H and O–H groups in total. The fourth-order valence-electron chi connectivity index (χ4n) is 1.35. The van der Waals surface area contributed by atoms with E-state index >= 15 is 0 Å². The number of nitrogens with one attached hydrogen (secondary N) is 2. The summed E-state index contributed by atoms with van der Waals surface area (Å²) in [5.74, 6) is -3.51. The molecule has 2 amide bonds. The molecule has 1 rings (SSSR count). The van der Waals surface area contributed by atoms with Gasteiger partial charge in [-0.3, -0.25) is 14.4 Å². The molecule has 0 fully saturated rings. The van der Waals surface area contributed by atoms with E-state index in [9.17, 15) is 19.2 Å². The smallest absolute Gasteiger partial charge is 0.326 e. The molecule has 1 atom stereocenters. The SMILES string of the molecule is COC(=O)C[C@H](NC(=O)CNC(=O)c1ccco1)C(=O)O. The summed E-state index contributed by atoms with van der Waals surface area (Å²) in [6.07, 6.45) is 0.787. The maximum atomic E-state index is 11.5. The lowest BCUT2D eigenvalue weighted by atomic mass is 10.2. The molecule has 1 heterocycles. The van der Waals surface area contributed by atoms with E-state index in [1.807, 2.05) is 0 Å². The molecule has 0 unspecified atom stereocenters. The molecule has 0 saturated carbocycles. The molecule has 0 bridgehead atoms. The van der Waals surface area contributed by atoms with Crippen molar-refractivity contribution in [2.24, 2.45) is 0 Å². The van der Waals surface area contributed by atoms with Gasteiger partial charge in [0, 0.05) is 0 Å². The first-order valence-corrected chi connectivity index (χ1v) is 5.84. The number of carboxylic acids is 1. The second-order valence-electron chi connectivity index (χ2n) is 3.90. The molecule has 21 heavy (non-hydrogen) atoms. The molecule has 0 saturated heterocycles. The number of rotatable bonds is 7. The first-order chi connectivity index (χ1) is 9.93. The number of hydrogen-bond acceptors (Lipinski definition) is 6. The standard InChI is InChI=1S/C12H14N2O7/c1-20-10(16)5-7(12(18)19)14-9(15)6-13-11(17)8-3-2-4-21-8/h2-4,7H,5-6H2,1H3,(H,13,17)(H,14,15)(H,18,19)/t7-/m0/s1. The molecule has 1 aromatic heterocycles. The van der Waals surface area contributed by atoms with Gasteiger partial charge in [-0.2, -0.15) is 0 Å².